The number of amides is 1. The quantitative estimate of drug-likeness (QED) is 0.0715. The monoisotopic (exact) mass is 826 g/mol. The van der Waals surface area contributed by atoms with E-state index in [0.717, 1.165) is 36.2 Å². The van der Waals surface area contributed by atoms with Gasteiger partial charge in [0.2, 0.25) is 5.91 Å². The predicted octanol–water partition coefficient (Wildman–Crippen LogP) is 7.90. The first-order valence-electron chi connectivity index (χ1n) is 19.7. The van der Waals surface area contributed by atoms with Crippen molar-refractivity contribution in [2.45, 2.75) is 121 Å². The van der Waals surface area contributed by atoms with Gasteiger partial charge >= 0.3 is 5.97 Å². The van der Waals surface area contributed by atoms with Crippen molar-refractivity contribution in [3.05, 3.63) is 64.5 Å². The number of hydrogen-bond donors (Lipinski definition) is 5. The first-order valence-corrected chi connectivity index (χ1v) is 21.7. The molecule has 1 saturated heterocycles. The van der Waals surface area contributed by atoms with E-state index in [1.165, 1.54) is 6.92 Å². The molecule has 3 heterocycles. The van der Waals surface area contributed by atoms with Gasteiger partial charge in [-0.1, -0.05) is 82.2 Å². The predicted molar refractivity (Wildman–Crippen MR) is 227 cm³/mol. The molecule has 0 bridgehead atoms. The number of aliphatic hydroxyl groups excluding tert-OH is 3. The Balaban J connectivity index is 1.29. The molecule has 0 spiro atoms. The molecule has 0 aliphatic carbocycles. The molecule has 2 aromatic carbocycles. The maximum absolute atomic E-state index is 13.2. The zero-order valence-corrected chi connectivity index (χ0v) is 36.2. The van der Waals surface area contributed by atoms with Crippen LogP contribution in [0.25, 0.3) is 27.6 Å². The molecular weight excluding hydrogens is 768 g/mol. The summed E-state index contributed by atoms with van der Waals surface area (Å²) in [6.07, 6.45) is 0.439. The Labute approximate surface area is 345 Å². The molecule has 2 aliphatic rings. The second-order valence-corrected chi connectivity index (χ2v) is 19.3. The minimum atomic E-state index is -1.80. The number of ether oxygens (including phenoxy) is 1. The molecule has 0 saturated carbocycles. The lowest BCUT2D eigenvalue weighted by Gasteiger charge is -2.43. The normalized spacial score (nSPS) is 30.3. The zero-order valence-electron chi connectivity index (χ0n) is 33.8. The van der Waals surface area contributed by atoms with Crippen LogP contribution in [0.3, 0.4) is 0 Å². The number of esters is 1. The second-order valence-electron chi connectivity index (χ2n) is 16.7. The average Bonchev–Trinajstić information content (AvgIpc) is 3.53. The van der Waals surface area contributed by atoms with E-state index in [-0.39, 0.29) is 18.2 Å². The highest BCUT2D eigenvalue weighted by Gasteiger charge is 2.47. The smallest absolute Gasteiger partial charge is 0.311 e. The molecule has 1 fully saturated rings. The molecule has 1 aromatic heterocycles. The Bertz CT molecular complexity index is 1880. The SMILES string of the molecule is CC[C@H]1OC(=O)C(C)[C@@H](O)[C@H](C)[C@@H](O)C(C)(C)C[C@@H](C)CN(CCCNC(=O)/C=C/c2cc3c(s2)-c2ccc(Cl)cc2Sc2ccccc2-3)C(C)C(O)[C@]1(C)O. The van der Waals surface area contributed by atoms with Crippen molar-refractivity contribution in [1.82, 2.24) is 10.2 Å². The number of fused-ring (bicyclic) bond motifs is 5. The van der Waals surface area contributed by atoms with Crippen LogP contribution in [-0.2, 0) is 14.3 Å². The van der Waals surface area contributed by atoms with Crippen LogP contribution in [0.2, 0.25) is 5.02 Å². The lowest BCUT2D eigenvalue weighted by molar-refractivity contribution is -0.193. The number of hydrogen-bond acceptors (Lipinski definition) is 10. The van der Waals surface area contributed by atoms with Crippen molar-refractivity contribution >= 4 is 52.7 Å². The molecule has 12 heteroatoms. The molecule has 9 nitrogen and oxygen atoms in total. The molecule has 9 atom stereocenters. The largest absolute Gasteiger partial charge is 0.459 e. The highest BCUT2D eigenvalue weighted by Crippen LogP contribution is 2.51. The Morgan fingerprint density at radius 2 is 1.71 bits per heavy atom. The van der Waals surface area contributed by atoms with Crippen molar-refractivity contribution in [1.29, 1.82) is 0 Å². The molecule has 56 heavy (non-hydrogen) atoms. The molecule has 2 aliphatic heterocycles. The van der Waals surface area contributed by atoms with Gasteiger partial charge < -0.3 is 30.5 Å². The van der Waals surface area contributed by atoms with Crippen LogP contribution < -0.4 is 5.32 Å². The number of thiophene rings is 1. The van der Waals surface area contributed by atoms with Crippen LogP contribution >= 0.6 is 34.7 Å². The van der Waals surface area contributed by atoms with Gasteiger partial charge in [-0.3, -0.25) is 14.5 Å². The van der Waals surface area contributed by atoms with Gasteiger partial charge in [0, 0.05) is 73.4 Å². The van der Waals surface area contributed by atoms with Crippen LogP contribution in [0, 0.1) is 23.2 Å². The van der Waals surface area contributed by atoms with E-state index in [1.54, 1.807) is 49.9 Å². The van der Waals surface area contributed by atoms with Crippen LogP contribution in [-0.4, -0.2) is 92.9 Å². The fraction of sp³-hybridized carbons (Fsp3) is 0.545. The summed E-state index contributed by atoms with van der Waals surface area (Å²) in [6, 6.07) is 15.9. The number of carbonyl (C=O) groups excluding carboxylic acids is 2. The number of cyclic esters (lactones) is 1. The topological polar surface area (TPSA) is 140 Å². The van der Waals surface area contributed by atoms with Gasteiger partial charge in [-0.2, -0.15) is 0 Å². The summed E-state index contributed by atoms with van der Waals surface area (Å²) >= 11 is 9.72. The lowest BCUT2D eigenvalue weighted by atomic mass is 9.71. The van der Waals surface area contributed by atoms with E-state index in [9.17, 15) is 30.0 Å². The minimum Gasteiger partial charge on any atom is -0.459 e. The second kappa shape index (κ2) is 18.5. The van der Waals surface area contributed by atoms with Crippen molar-refractivity contribution in [3.63, 3.8) is 0 Å². The summed E-state index contributed by atoms with van der Waals surface area (Å²) in [5, 5.41) is 49.6. The average molecular weight is 828 g/mol. The Morgan fingerprint density at radius 3 is 2.43 bits per heavy atom. The fourth-order valence-corrected chi connectivity index (χ4v) is 11.0. The maximum Gasteiger partial charge on any atom is 0.311 e. The Kier molecular flexibility index (Phi) is 14.6. The van der Waals surface area contributed by atoms with E-state index < -0.39 is 59.3 Å². The third kappa shape index (κ3) is 9.92. The molecule has 5 N–H and O–H groups in total. The standard InChI is InChI=1S/C44H59ClN2O7S2/c1-9-36-44(8,53)41(51)28(5)47(24-25(2)23-43(6,7)40(50)26(3)38(49)27(4)42(52)54-36)20-12-19-46-37(48)18-16-30-22-33-31-13-10-11-14-34(31)56-35-21-29(45)15-17-32(35)39(33)55-30/h10-11,13-18,21-22,25-28,36,38,40-41,49-51,53H,9,12,19-20,23-24H2,1-8H3,(H,46,48)/b18-16+/t25-,26+,27?,28?,36-,38+,40-,41?,44-/m1/s1. The fourth-order valence-electron chi connectivity index (χ4n) is 8.45. The summed E-state index contributed by atoms with van der Waals surface area (Å²) in [6.45, 7) is 15.8. The highest BCUT2D eigenvalue weighted by molar-refractivity contribution is 7.99. The molecule has 0 radical (unpaired) electrons. The van der Waals surface area contributed by atoms with E-state index in [0.29, 0.717) is 37.5 Å². The number of carbonyl (C=O) groups is 2. The van der Waals surface area contributed by atoms with Gasteiger partial charge in [0.1, 0.15) is 17.8 Å². The van der Waals surface area contributed by atoms with Crippen molar-refractivity contribution in [2.75, 3.05) is 19.6 Å². The zero-order chi connectivity index (χ0) is 41.1. The van der Waals surface area contributed by atoms with Gasteiger partial charge in [-0.15, -0.1) is 11.3 Å². The summed E-state index contributed by atoms with van der Waals surface area (Å²) in [5.41, 5.74) is 0.990. The van der Waals surface area contributed by atoms with Gasteiger partial charge in [-0.25, -0.2) is 0 Å². The van der Waals surface area contributed by atoms with Crippen molar-refractivity contribution < 1.29 is 34.8 Å². The van der Waals surface area contributed by atoms with Crippen LogP contribution in [0.4, 0.5) is 0 Å². The third-order valence-corrected chi connectivity index (χ3v) is 14.2. The van der Waals surface area contributed by atoms with E-state index in [4.69, 9.17) is 16.3 Å². The molecule has 3 unspecified atom stereocenters. The molecule has 3 aromatic rings. The summed E-state index contributed by atoms with van der Waals surface area (Å²) in [7, 11) is 0. The van der Waals surface area contributed by atoms with Gasteiger partial charge in [0.05, 0.1) is 18.1 Å². The summed E-state index contributed by atoms with van der Waals surface area (Å²) in [4.78, 5) is 32.8. The molecule has 5 rings (SSSR count). The maximum atomic E-state index is 13.2. The molecule has 306 valence electrons. The van der Waals surface area contributed by atoms with Crippen LogP contribution in [0.15, 0.2) is 64.4 Å². The highest BCUT2D eigenvalue weighted by atomic mass is 35.5. The minimum absolute atomic E-state index is 0.0546. The van der Waals surface area contributed by atoms with Gasteiger partial charge in [0.15, 0.2) is 0 Å². The van der Waals surface area contributed by atoms with Crippen molar-refractivity contribution in [2.24, 2.45) is 23.2 Å². The number of rotatable bonds is 7. The van der Waals surface area contributed by atoms with Gasteiger partial charge in [0.25, 0.3) is 0 Å². The number of benzene rings is 2. The van der Waals surface area contributed by atoms with E-state index >= 15 is 0 Å². The number of aliphatic hydroxyl groups is 4. The Hall–Kier alpha value is -2.74. The number of nitrogens with zero attached hydrogens (tertiary/aromatic N) is 1. The molecule has 1 amide bonds. The third-order valence-electron chi connectivity index (χ3n) is 11.7. The summed E-state index contributed by atoms with van der Waals surface area (Å²) in [5.74, 6) is -2.43. The van der Waals surface area contributed by atoms with Gasteiger partial charge in [-0.05, 0) is 87.3 Å². The van der Waals surface area contributed by atoms with E-state index in [1.807, 2.05) is 51.1 Å². The first-order chi connectivity index (χ1) is 26.3. The lowest BCUT2D eigenvalue weighted by Crippen LogP contribution is -2.59. The van der Waals surface area contributed by atoms with Crippen LogP contribution in [0.5, 0.6) is 0 Å². The summed E-state index contributed by atoms with van der Waals surface area (Å²) < 4.78 is 5.76. The number of halogens is 1. The molecular formula is C44H59ClN2O7S2. The van der Waals surface area contributed by atoms with Crippen LogP contribution in [0.1, 0.15) is 79.5 Å². The van der Waals surface area contributed by atoms with Crippen molar-refractivity contribution in [3.8, 4) is 21.6 Å². The Morgan fingerprint density at radius 1 is 1.00 bits per heavy atom. The first kappa shape index (κ1) is 44.4. The number of nitrogens with one attached hydrogen (secondary N) is 1. The van der Waals surface area contributed by atoms with E-state index in [2.05, 4.69) is 41.4 Å².